The van der Waals surface area contributed by atoms with Crippen molar-refractivity contribution in [3.05, 3.63) is 52.8 Å². The fraction of sp³-hybridized carbons (Fsp3) is 0.235. The maximum Gasteiger partial charge on any atom is 0.231 e. The van der Waals surface area contributed by atoms with Gasteiger partial charge in [-0.05, 0) is 50.1 Å². The second-order valence-corrected chi connectivity index (χ2v) is 5.47. The number of aryl methyl sites for hydroxylation is 3. The highest BCUT2D eigenvalue weighted by molar-refractivity contribution is 5.94. The number of carbonyl (C=O) groups excluding carboxylic acids is 1. The van der Waals surface area contributed by atoms with E-state index in [-0.39, 0.29) is 12.3 Å². The van der Waals surface area contributed by atoms with Gasteiger partial charge in [-0.15, -0.1) is 0 Å². The molecule has 0 spiro atoms. The van der Waals surface area contributed by atoms with Crippen LogP contribution in [0.25, 0.3) is 11.0 Å². The van der Waals surface area contributed by atoms with E-state index in [2.05, 4.69) is 21.5 Å². The standard InChI is InChI=1S/C17H17N3O2/c1-10-7-11(2)17-13(20-22-14(17)8-10)9-16(21)19-15-6-4-5-12(3)18-15/h4-8H,9H2,1-3H3,(H,18,19,21). The van der Waals surface area contributed by atoms with E-state index in [0.29, 0.717) is 17.1 Å². The molecule has 0 unspecified atom stereocenters. The zero-order valence-corrected chi connectivity index (χ0v) is 12.8. The predicted octanol–water partition coefficient (Wildman–Crippen LogP) is 3.33. The first-order valence-electron chi connectivity index (χ1n) is 7.12. The van der Waals surface area contributed by atoms with Crippen molar-refractivity contribution in [1.29, 1.82) is 0 Å². The molecule has 2 aromatic heterocycles. The number of rotatable bonds is 3. The summed E-state index contributed by atoms with van der Waals surface area (Å²) in [6, 6.07) is 9.49. The zero-order chi connectivity index (χ0) is 15.7. The summed E-state index contributed by atoms with van der Waals surface area (Å²) in [5, 5.41) is 7.74. The topological polar surface area (TPSA) is 68.0 Å². The minimum atomic E-state index is -0.159. The van der Waals surface area contributed by atoms with Crippen molar-refractivity contribution in [2.24, 2.45) is 0 Å². The lowest BCUT2D eigenvalue weighted by Crippen LogP contribution is -2.15. The molecule has 0 aliphatic carbocycles. The third-order valence-electron chi connectivity index (χ3n) is 3.47. The van der Waals surface area contributed by atoms with E-state index in [9.17, 15) is 4.79 Å². The molecule has 22 heavy (non-hydrogen) atoms. The quantitative estimate of drug-likeness (QED) is 0.804. The summed E-state index contributed by atoms with van der Waals surface area (Å²) in [5.74, 6) is 0.388. The third kappa shape index (κ3) is 2.83. The van der Waals surface area contributed by atoms with Gasteiger partial charge in [0.15, 0.2) is 5.58 Å². The van der Waals surface area contributed by atoms with Gasteiger partial charge in [0.2, 0.25) is 5.91 Å². The number of anilines is 1. The Morgan fingerprint density at radius 2 is 2.05 bits per heavy atom. The second kappa shape index (κ2) is 5.60. The van der Waals surface area contributed by atoms with Crippen LogP contribution >= 0.6 is 0 Å². The van der Waals surface area contributed by atoms with E-state index in [1.165, 1.54) is 0 Å². The Labute approximate surface area is 128 Å². The summed E-state index contributed by atoms with van der Waals surface area (Å²) in [7, 11) is 0. The minimum absolute atomic E-state index is 0.159. The van der Waals surface area contributed by atoms with Crippen molar-refractivity contribution in [3.8, 4) is 0 Å². The van der Waals surface area contributed by atoms with Crippen LogP contribution in [0, 0.1) is 20.8 Å². The molecule has 3 rings (SSSR count). The van der Waals surface area contributed by atoms with Gasteiger partial charge in [0, 0.05) is 11.1 Å². The molecule has 0 aliphatic heterocycles. The Kier molecular flexibility index (Phi) is 3.63. The van der Waals surface area contributed by atoms with Crippen molar-refractivity contribution >= 4 is 22.7 Å². The van der Waals surface area contributed by atoms with E-state index in [4.69, 9.17) is 4.52 Å². The van der Waals surface area contributed by atoms with Crippen LogP contribution in [-0.4, -0.2) is 16.0 Å². The zero-order valence-electron chi connectivity index (χ0n) is 12.8. The Morgan fingerprint density at radius 1 is 1.23 bits per heavy atom. The maximum atomic E-state index is 12.2. The fourth-order valence-corrected chi connectivity index (χ4v) is 2.59. The molecule has 5 heteroatoms. The highest BCUT2D eigenvalue weighted by Gasteiger charge is 2.15. The summed E-state index contributed by atoms with van der Waals surface area (Å²) in [6.45, 7) is 5.88. The monoisotopic (exact) mass is 295 g/mol. The Hall–Kier alpha value is -2.69. The summed E-state index contributed by atoms with van der Waals surface area (Å²) in [6.07, 6.45) is 0.159. The molecule has 0 fully saturated rings. The van der Waals surface area contributed by atoms with Crippen molar-refractivity contribution in [2.45, 2.75) is 27.2 Å². The first kappa shape index (κ1) is 14.3. The van der Waals surface area contributed by atoms with Gasteiger partial charge in [0.1, 0.15) is 11.5 Å². The van der Waals surface area contributed by atoms with Crippen LogP contribution in [0.15, 0.2) is 34.9 Å². The number of benzene rings is 1. The lowest BCUT2D eigenvalue weighted by molar-refractivity contribution is -0.115. The van der Waals surface area contributed by atoms with Crippen LogP contribution < -0.4 is 5.32 Å². The van der Waals surface area contributed by atoms with Crippen LogP contribution in [0.5, 0.6) is 0 Å². The highest BCUT2D eigenvalue weighted by atomic mass is 16.5. The number of nitrogens with one attached hydrogen (secondary N) is 1. The normalized spacial score (nSPS) is 10.9. The number of amides is 1. The van der Waals surface area contributed by atoms with Gasteiger partial charge in [-0.2, -0.15) is 0 Å². The van der Waals surface area contributed by atoms with Gasteiger partial charge < -0.3 is 9.84 Å². The van der Waals surface area contributed by atoms with E-state index < -0.39 is 0 Å². The van der Waals surface area contributed by atoms with Crippen LogP contribution in [0.3, 0.4) is 0 Å². The number of nitrogens with zero attached hydrogens (tertiary/aromatic N) is 2. The lowest BCUT2D eigenvalue weighted by atomic mass is 10.0. The van der Waals surface area contributed by atoms with E-state index in [1.54, 1.807) is 6.07 Å². The number of pyridine rings is 1. The molecule has 0 radical (unpaired) electrons. The summed E-state index contributed by atoms with van der Waals surface area (Å²) in [4.78, 5) is 16.4. The lowest BCUT2D eigenvalue weighted by Gasteiger charge is -2.04. The number of hydrogen-bond acceptors (Lipinski definition) is 4. The molecule has 2 heterocycles. The molecule has 0 saturated carbocycles. The molecule has 1 N–H and O–H groups in total. The molecule has 0 bridgehead atoms. The Bertz CT molecular complexity index is 852. The maximum absolute atomic E-state index is 12.2. The van der Waals surface area contributed by atoms with Gasteiger partial charge in [-0.3, -0.25) is 4.79 Å². The average Bonchev–Trinajstić information content (AvgIpc) is 2.81. The van der Waals surface area contributed by atoms with Gasteiger partial charge >= 0.3 is 0 Å². The van der Waals surface area contributed by atoms with Gasteiger partial charge in [0.25, 0.3) is 0 Å². The van der Waals surface area contributed by atoms with Crippen molar-refractivity contribution in [2.75, 3.05) is 5.32 Å². The fourth-order valence-electron chi connectivity index (χ4n) is 2.59. The average molecular weight is 295 g/mol. The molecule has 3 aromatic rings. The molecule has 5 nitrogen and oxygen atoms in total. The molecule has 0 aliphatic rings. The number of fused-ring (bicyclic) bond motifs is 1. The van der Waals surface area contributed by atoms with Crippen LogP contribution in [0.4, 0.5) is 5.82 Å². The van der Waals surface area contributed by atoms with Crippen LogP contribution in [0.2, 0.25) is 0 Å². The minimum Gasteiger partial charge on any atom is -0.356 e. The highest BCUT2D eigenvalue weighted by Crippen LogP contribution is 2.24. The van der Waals surface area contributed by atoms with Gasteiger partial charge in [-0.1, -0.05) is 17.3 Å². The molecular weight excluding hydrogens is 278 g/mol. The third-order valence-corrected chi connectivity index (χ3v) is 3.47. The van der Waals surface area contributed by atoms with Crippen molar-refractivity contribution in [1.82, 2.24) is 10.1 Å². The first-order valence-corrected chi connectivity index (χ1v) is 7.12. The van der Waals surface area contributed by atoms with E-state index in [1.807, 2.05) is 39.0 Å². The Morgan fingerprint density at radius 3 is 2.82 bits per heavy atom. The van der Waals surface area contributed by atoms with Crippen LogP contribution in [-0.2, 0) is 11.2 Å². The number of aromatic nitrogens is 2. The molecule has 0 atom stereocenters. The predicted molar refractivity (Wildman–Crippen MR) is 84.8 cm³/mol. The summed E-state index contributed by atoms with van der Waals surface area (Å²) in [5.41, 5.74) is 4.40. The smallest absolute Gasteiger partial charge is 0.231 e. The van der Waals surface area contributed by atoms with Crippen molar-refractivity contribution < 1.29 is 9.32 Å². The second-order valence-electron chi connectivity index (χ2n) is 5.47. The van der Waals surface area contributed by atoms with Gasteiger partial charge in [0.05, 0.1) is 6.42 Å². The van der Waals surface area contributed by atoms with Crippen molar-refractivity contribution in [3.63, 3.8) is 0 Å². The molecular formula is C17H17N3O2. The molecule has 112 valence electrons. The largest absolute Gasteiger partial charge is 0.356 e. The number of hydrogen-bond donors (Lipinski definition) is 1. The number of carbonyl (C=O) groups is 1. The SMILES string of the molecule is Cc1cc(C)c2c(CC(=O)Nc3cccc(C)n3)noc2c1. The molecule has 1 amide bonds. The molecule has 0 saturated heterocycles. The summed E-state index contributed by atoms with van der Waals surface area (Å²) < 4.78 is 5.34. The molecule has 1 aromatic carbocycles. The van der Waals surface area contributed by atoms with Crippen LogP contribution in [0.1, 0.15) is 22.5 Å². The van der Waals surface area contributed by atoms with Gasteiger partial charge in [-0.25, -0.2) is 4.98 Å². The van der Waals surface area contributed by atoms with E-state index >= 15 is 0 Å². The first-order chi connectivity index (χ1) is 10.5. The summed E-state index contributed by atoms with van der Waals surface area (Å²) >= 11 is 0. The Balaban J connectivity index is 1.83. The van der Waals surface area contributed by atoms with E-state index in [0.717, 1.165) is 22.2 Å².